The van der Waals surface area contributed by atoms with Gasteiger partial charge in [-0.3, -0.25) is 0 Å². The van der Waals surface area contributed by atoms with Crippen molar-refractivity contribution >= 4 is 26.1 Å². The summed E-state index contributed by atoms with van der Waals surface area (Å²) in [6.45, 7) is 18.3. The number of fused-ring (bicyclic) bond motifs is 1. The van der Waals surface area contributed by atoms with E-state index in [1.165, 1.54) is 23.4 Å². The molecule has 1 aliphatic rings. The Labute approximate surface area is 242 Å². The quantitative estimate of drug-likeness (QED) is 0.119. The van der Waals surface area contributed by atoms with Gasteiger partial charge in [-0.15, -0.1) is 0 Å². The van der Waals surface area contributed by atoms with Crippen molar-refractivity contribution in [1.29, 1.82) is 0 Å². The molecule has 0 saturated heterocycles. The average Bonchev–Trinajstić information content (AvgIpc) is 2.88. The Hall–Kier alpha value is -2.99. The van der Waals surface area contributed by atoms with Crippen LogP contribution in [0.15, 0.2) is 48.7 Å². The molecule has 40 heavy (non-hydrogen) atoms. The van der Waals surface area contributed by atoms with Crippen LogP contribution in [0.25, 0.3) is 6.08 Å². The molecule has 1 heterocycles. The Balaban J connectivity index is 1.79. The normalized spacial score (nSPS) is 16.2. The molecule has 0 atom stereocenters. The summed E-state index contributed by atoms with van der Waals surface area (Å²) in [5.41, 5.74) is 4.22. The average molecular weight is 562 g/mol. The predicted octanol–water partition coefficient (Wildman–Crippen LogP) is 8.90. The molecule has 1 aromatic carbocycles. The molecule has 0 spiro atoms. The highest BCUT2D eigenvalue weighted by Crippen LogP contribution is 2.46. The first-order chi connectivity index (χ1) is 18.7. The van der Waals surface area contributed by atoms with Gasteiger partial charge in [0, 0.05) is 20.3 Å². The highest BCUT2D eigenvalue weighted by molar-refractivity contribution is 6.76. The van der Waals surface area contributed by atoms with E-state index >= 15 is 0 Å². The maximum absolute atomic E-state index is 13.5. The van der Waals surface area contributed by atoms with E-state index in [1.807, 2.05) is 12.1 Å². The maximum atomic E-state index is 13.5. The Morgan fingerprint density at radius 3 is 2.23 bits per heavy atom. The summed E-state index contributed by atoms with van der Waals surface area (Å²) < 4.78 is 11.0. The number of ether oxygens (including phenoxy) is 2. The number of nitrogens with zero attached hydrogens (tertiary/aromatic N) is 1. The van der Waals surface area contributed by atoms with Crippen LogP contribution in [-0.2, 0) is 15.6 Å². The second-order valence-electron chi connectivity index (χ2n) is 13.4. The molecule has 0 N–H and O–H groups in total. The van der Waals surface area contributed by atoms with Crippen LogP contribution >= 0.6 is 0 Å². The number of unbranched alkanes of at least 4 members (excludes halogenated alkanes) is 2. The van der Waals surface area contributed by atoms with Crippen LogP contribution in [0, 0.1) is 0 Å². The van der Waals surface area contributed by atoms with Gasteiger partial charge < -0.3 is 9.47 Å². The van der Waals surface area contributed by atoms with Crippen molar-refractivity contribution < 1.29 is 19.1 Å². The number of aromatic nitrogens is 1. The fraction of sp³-hybridized carbons (Fsp3) is 0.500. The van der Waals surface area contributed by atoms with Gasteiger partial charge in [-0.1, -0.05) is 97.5 Å². The van der Waals surface area contributed by atoms with Crippen LogP contribution in [0.5, 0.6) is 5.88 Å². The van der Waals surface area contributed by atoms with E-state index in [4.69, 9.17) is 9.47 Å². The molecule has 2 aromatic rings. The van der Waals surface area contributed by atoms with E-state index < -0.39 is 20.0 Å². The van der Waals surface area contributed by atoms with Crippen LogP contribution in [0.4, 0.5) is 0 Å². The number of carbonyl (C=O) groups is 2. The molecule has 0 fully saturated rings. The highest BCUT2D eigenvalue weighted by Gasteiger charge is 2.38. The van der Waals surface area contributed by atoms with Crippen LogP contribution in [0.2, 0.25) is 25.7 Å². The highest BCUT2D eigenvalue weighted by atomic mass is 28.3. The number of rotatable bonds is 11. The zero-order valence-electron chi connectivity index (χ0n) is 25.7. The summed E-state index contributed by atoms with van der Waals surface area (Å²) in [7, 11) is -1.16. The molecule has 216 valence electrons. The molecule has 6 heteroatoms. The zero-order valence-corrected chi connectivity index (χ0v) is 26.7. The van der Waals surface area contributed by atoms with Gasteiger partial charge >= 0.3 is 11.9 Å². The lowest BCUT2D eigenvalue weighted by Crippen LogP contribution is -2.34. The first kappa shape index (κ1) is 31.5. The van der Waals surface area contributed by atoms with Crippen LogP contribution < -0.4 is 4.74 Å². The number of pyridine rings is 1. The molecule has 3 rings (SSSR count). The Morgan fingerprint density at radius 2 is 1.62 bits per heavy atom. The molecular formula is C34H47NO4Si. The van der Waals surface area contributed by atoms with Crippen molar-refractivity contribution in [3.05, 3.63) is 76.5 Å². The number of benzene rings is 1. The Bertz CT molecular complexity index is 1250. The number of hydrogen-bond donors (Lipinski definition) is 0. The van der Waals surface area contributed by atoms with Crippen molar-refractivity contribution in [2.75, 3.05) is 6.61 Å². The minimum absolute atomic E-state index is 0.0333. The summed E-state index contributed by atoms with van der Waals surface area (Å²) in [4.78, 5) is 30.1. The van der Waals surface area contributed by atoms with Crippen molar-refractivity contribution in [3.8, 4) is 5.88 Å². The van der Waals surface area contributed by atoms with E-state index in [2.05, 4.69) is 83.5 Å². The summed E-state index contributed by atoms with van der Waals surface area (Å²) in [5.74, 6) is -0.760. The van der Waals surface area contributed by atoms with Crippen LogP contribution in [-0.4, -0.2) is 31.6 Å². The lowest BCUT2D eigenvalue weighted by Gasteiger charge is -2.42. The standard InChI is InChI=1S/C34H47NO4Si/c1-9-10-11-12-15-25-22-28-29(34(4,5)19-18-33(28,2)3)23-27(25)32(37)39-30-17-16-26(24-35-30)31(36)38-20-13-14-21-40(6,7)8/h12-17,22-24H,9-11,18-21H2,1-8H3/b14-13+,15-12-. The van der Waals surface area contributed by atoms with E-state index in [0.717, 1.165) is 43.7 Å². The molecule has 0 bridgehead atoms. The minimum atomic E-state index is -1.16. The van der Waals surface area contributed by atoms with Crippen LogP contribution in [0.3, 0.4) is 0 Å². The summed E-state index contributed by atoms with van der Waals surface area (Å²) in [6, 6.07) is 8.37. The SMILES string of the molecule is CCCC/C=C\c1cc2c(cc1C(=O)Oc1ccc(C(=O)OC/C=C/C[Si](C)(C)C)cn1)C(C)(C)CCC2(C)C. The Kier molecular flexibility index (Phi) is 10.3. The number of carbonyl (C=O) groups excluding carboxylic acids is 2. The van der Waals surface area contributed by atoms with Gasteiger partial charge in [-0.05, 0) is 65.0 Å². The third-order valence-corrected chi connectivity index (χ3v) is 9.10. The third-order valence-electron chi connectivity index (χ3n) is 7.64. The largest absolute Gasteiger partial charge is 0.458 e. The maximum Gasteiger partial charge on any atom is 0.345 e. The van der Waals surface area contributed by atoms with Gasteiger partial charge in [-0.25, -0.2) is 14.6 Å². The number of hydrogen-bond acceptors (Lipinski definition) is 5. The molecular weight excluding hydrogens is 514 g/mol. The smallest absolute Gasteiger partial charge is 0.345 e. The summed E-state index contributed by atoms with van der Waals surface area (Å²) in [6.07, 6.45) is 14.9. The molecule has 1 aliphatic carbocycles. The van der Waals surface area contributed by atoms with Gasteiger partial charge in [0.25, 0.3) is 0 Å². The monoisotopic (exact) mass is 561 g/mol. The molecule has 0 saturated carbocycles. The second-order valence-corrected chi connectivity index (χ2v) is 18.9. The van der Waals surface area contributed by atoms with E-state index in [1.54, 1.807) is 6.07 Å². The molecule has 0 amide bonds. The van der Waals surface area contributed by atoms with Crippen molar-refractivity contribution in [2.45, 2.75) is 103 Å². The molecule has 0 radical (unpaired) electrons. The number of allylic oxidation sites excluding steroid dienone is 2. The van der Waals surface area contributed by atoms with Crippen LogP contribution in [0.1, 0.15) is 104 Å². The first-order valence-electron chi connectivity index (χ1n) is 14.6. The van der Waals surface area contributed by atoms with Crippen molar-refractivity contribution in [2.24, 2.45) is 0 Å². The minimum Gasteiger partial charge on any atom is -0.458 e. The van der Waals surface area contributed by atoms with Gasteiger partial charge in [0.1, 0.15) is 6.61 Å². The molecule has 0 unspecified atom stereocenters. The Morgan fingerprint density at radius 1 is 0.950 bits per heavy atom. The summed E-state index contributed by atoms with van der Waals surface area (Å²) >= 11 is 0. The van der Waals surface area contributed by atoms with Gasteiger partial charge in [0.15, 0.2) is 0 Å². The van der Waals surface area contributed by atoms with Gasteiger partial charge in [0.05, 0.1) is 11.1 Å². The molecule has 5 nitrogen and oxygen atoms in total. The lowest BCUT2D eigenvalue weighted by atomic mass is 9.62. The second kappa shape index (κ2) is 13.1. The number of esters is 2. The molecule has 1 aromatic heterocycles. The van der Waals surface area contributed by atoms with Crippen molar-refractivity contribution in [1.82, 2.24) is 4.98 Å². The lowest BCUT2D eigenvalue weighted by molar-refractivity contribution is 0.0549. The third kappa shape index (κ3) is 8.50. The van der Waals surface area contributed by atoms with E-state index in [0.29, 0.717) is 11.1 Å². The summed E-state index contributed by atoms with van der Waals surface area (Å²) in [5, 5.41) is 0. The van der Waals surface area contributed by atoms with Gasteiger partial charge in [0.2, 0.25) is 5.88 Å². The fourth-order valence-electron chi connectivity index (χ4n) is 4.90. The van der Waals surface area contributed by atoms with E-state index in [9.17, 15) is 9.59 Å². The van der Waals surface area contributed by atoms with Gasteiger partial charge in [-0.2, -0.15) is 0 Å². The molecule has 0 aliphatic heterocycles. The predicted molar refractivity (Wildman–Crippen MR) is 167 cm³/mol. The topological polar surface area (TPSA) is 65.5 Å². The van der Waals surface area contributed by atoms with Crippen molar-refractivity contribution in [3.63, 3.8) is 0 Å². The fourth-order valence-corrected chi connectivity index (χ4v) is 5.77. The first-order valence-corrected chi connectivity index (χ1v) is 18.3. The van der Waals surface area contributed by atoms with E-state index in [-0.39, 0.29) is 23.3 Å². The zero-order chi connectivity index (χ0) is 29.6.